The molecule has 0 rings (SSSR count). The molecule has 0 aromatic heterocycles. The molecule has 1 N–H and O–H groups in total. The molecular weight excluding hydrogens is 256 g/mol. The molecule has 1 atom stereocenters. The van der Waals surface area contributed by atoms with Crippen molar-refractivity contribution in [3.05, 3.63) is 0 Å². The summed E-state index contributed by atoms with van der Waals surface area (Å²) >= 11 is 0. The van der Waals surface area contributed by atoms with Gasteiger partial charge in [-0.2, -0.15) is 0 Å². The largest absolute Gasteiger partial charge is 0.394 e. The summed E-state index contributed by atoms with van der Waals surface area (Å²) in [5, 5.41) is 8.47. The Bertz CT molecular complexity index is 168. The first-order valence-electron chi connectivity index (χ1n) is 6.32. The molecule has 0 aromatic rings. The van der Waals surface area contributed by atoms with Gasteiger partial charge in [0.25, 0.3) is 0 Å². The first-order chi connectivity index (χ1) is 9.35. The van der Waals surface area contributed by atoms with Gasteiger partial charge in [0, 0.05) is 14.2 Å². The molecule has 0 aliphatic heterocycles. The fourth-order valence-corrected chi connectivity index (χ4v) is 1.17. The van der Waals surface area contributed by atoms with Crippen LogP contribution in [-0.2, 0) is 28.4 Å². The third kappa shape index (κ3) is 13.9. The maximum Gasteiger partial charge on any atom is 0.180 e. The molecule has 19 heavy (non-hydrogen) atoms. The van der Waals surface area contributed by atoms with Crippen molar-refractivity contribution in [2.75, 3.05) is 73.7 Å². The highest BCUT2D eigenvalue weighted by atomic mass is 16.7. The highest BCUT2D eigenvalue weighted by molar-refractivity contribution is 4.40. The van der Waals surface area contributed by atoms with E-state index in [1.807, 2.05) is 0 Å². The van der Waals surface area contributed by atoms with Crippen LogP contribution in [-0.4, -0.2) is 85.1 Å². The normalized spacial score (nSPS) is 12.8. The van der Waals surface area contributed by atoms with Gasteiger partial charge in [-0.05, 0) is 0 Å². The van der Waals surface area contributed by atoms with Crippen LogP contribution in [0.25, 0.3) is 0 Å². The Balaban J connectivity index is 3.09. The fraction of sp³-hybridized carbons (Fsp3) is 1.00. The van der Waals surface area contributed by atoms with Crippen LogP contribution in [0, 0.1) is 0 Å². The predicted molar refractivity (Wildman–Crippen MR) is 68.2 cm³/mol. The minimum absolute atomic E-state index is 0.0364. The number of ether oxygens (including phenoxy) is 6. The van der Waals surface area contributed by atoms with E-state index in [1.165, 1.54) is 0 Å². The number of rotatable bonds is 15. The minimum atomic E-state index is -0.353. The highest BCUT2D eigenvalue weighted by Crippen LogP contribution is 1.93. The van der Waals surface area contributed by atoms with E-state index >= 15 is 0 Å². The van der Waals surface area contributed by atoms with E-state index in [-0.39, 0.29) is 12.9 Å². The van der Waals surface area contributed by atoms with Crippen molar-refractivity contribution < 1.29 is 33.5 Å². The van der Waals surface area contributed by atoms with Crippen LogP contribution in [0.15, 0.2) is 0 Å². The van der Waals surface area contributed by atoms with E-state index < -0.39 is 0 Å². The van der Waals surface area contributed by atoms with Crippen molar-refractivity contribution in [3.63, 3.8) is 0 Å². The van der Waals surface area contributed by atoms with Crippen LogP contribution in [0.1, 0.15) is 0 Å². The second-order valence-corrected chi connectivity index (χ2v) is 3.55. The molecule has 0 saturated heterocycles. The molecule has 7 nitrogen and oxygen atoms in total. The summed E-state index contributed by atoms with van der Waals surface area (Å²) in [7, 11) is 3.16. The van der Waals surface area contributed by atoms with Crippen molar-refractivity contribution in [1.29, 1.82) is 0 Å². The quantitative estimate of drug-likeness (QED) is 0.325. The van der Waals surface area contributed by atoms with E-state index in [1.54, 1.807) is 14.2 Å². The molecule has 0 bridgehead atoms. The first kappa shape index (κ1) is 18.7. The number of hydrogen-bond acceptors (Lipinski definition) is 7. The summed E-state index contributed by atoms with van der Waals surface area (Å²) in [5.74, 6) is 0. The first-order valence-corrected chi connectivity index (χ1v) is 6.32. The average Bonchev–Trinajstić information content (AvgIpc) is 2.43. The number of methoxy groups -OCH3 is 2. The smallest absolute Gasteiger partial charge is 0.180 e. The van der Waals surface area contributed by atoms with Gasteiger partial charge in [0.2, 0.25) is 0 Å². The monoisotopic (exact) mass is 282 g/mol. The van der Waals surface area contributed by atoms with Crippen molar-refractivity contribution in [2.24, 2.45) is 0 Å². The Morgan fingerprint density at radius 3 is 1.79 bits per heavy atom. The Labute approximate surface area is 114 Å². The van der Waals surface area contributed by atoms with Gasteiger partial charge in [0.05, 0.1) is 59.5 Å². The Morgan fingerprint density at radius 1 is 0.789 bits per heavy atom. The van der Waals surface area contributed by atoms with Gasteiger partial charge >= 0.3 is 0 Å². The molecule has 0 fully saturated rings. The van der Waals surface area contributed by atoms with Crippen LogP contribution >= 0.6 is 0 Å². The van der Waals surface area contributed by atoms with Gasteiger partial charge in [-0.15, -0.1) is 0 Å². The molecule has 0 radical (unpaired) electrons. The standard InChI is InChI=1S/C12H26O7/c1-14-11-12(15-2)19-10-9-18-8-7-17-6-5-16-4-3-13/h12-13H,3-11H2,1-2H3. The lowest BCUT2D eigenvalue weighted by Gasteiger charge is -2.15. The second kappa shape index (κ2) is 15.8. The molecule has 0 aliphatic rings. The highest BCUT2D eigenvalue weighted by Gasteiger charge is 2.05. The number of aliphatic hydroxyl groups is 1. The molecule has 0 spiro atoms. The summed E-state index contributed by atoms with van der Waals surface area (Å²) in [5.41, 5.74) is 0. The Hall–Kier alpha value is -0.280. The zero-order valence-electron chi connectivity index (χ0n) is 11.8. The van der Waals surface area contributed by atoms with Gasteiger partial charge in [0.15, 0.2) is 6.29 Å². The average molecular weight is 282 g/mol. The van der Waals surface area contributed by atoms with E-state index in [0.717, 1.165) is 0 Å². The van der Waals surface area contributed by atoms with Crippen LogP contribution in [0.3, 0.4) is 0 Å². The Kier molecular flexibility index (Phi) is 15.5. The van der Waals surface area contributed by atoms with Gasteiger partial charge in [-0.25, -0.2) is 0 Å². The predicted octanol–water partition coefficient (Wildman–Crippen LogP) is -0.336. The van der Waals surface area contributed by atoms with Crippen molar-refractivity contribution >= 4 is 0 Å². The van der Waals surface area contributed by atoms with Gasteiger partial charge in [-0.1, -0.05) is 0 Å². The Morgan fingerprint density at radius 2 is 1.32 bits per heavy atom. The lowest BCUT2D eigenvalue weighted by atomic mass is 10.6. The van der Waals surface area contributed by atoms with Crippen molar-refractivity contribution in [1.82, 2.24) is 0 Å². The van der Waals surface area contributed by atoms with Crippen LogP contribution in [0.5, 0.6) is 0 Å². The molecule has 0 aromatic carbocycles. The topological polar surface area (TPSA) is 75.6 Å². The summed E-state index contributed by atoms with van der Waals surface area (Å²) in [6.07, 6.45) is -0.353. The third-order valence-corrected chi connectivity index (χ3v) is 2.08. The molecule has 116 valence electrons. The molecule has 0 amide bonds. The van der Waals surface area contributed by atoms with E-state index in [2.05, 4.69) is 0 Å². The summed E-state index contributed by atoms with van der Waals surface area (Å²) in [6, 6.07) is 0. The van der Waals surface area contributed by atoms with Gasteiger partial charge in [0.1, 0.15) is 0 Å². The summed E-state index contributed by atoms with van der Waals surface area (Å²) in [4.78, 5) is 0. The van der Waals surface area contributed by atoms with E-state index in [4.69, 9.17) is 33.5 Å². The van der Waals surface area contributed by atoms with Gasteiger partial charge < -0.3 is 33.5 Å². The molecule has 0 aliphatic carbocycles. The summed E-state index contributed by atoms with van der Waals surface area (Å²) < 4.78 is 30.9. The molecule has 0 heterocycles. The lowest BCUT2D eigenvalue weighted by molar-refractivity contribution is -0.159. The minimum Gasteiger partial charge on any atom is -0.394 e. The van der Waals surface area contributed by atoms with Crippen LogP contribution in [0.4, 0.5) is 0 Å². The number of hydrogen-bond donors (Lipinski definition) is 1. The molecule has 1 unspecified atom stereocenters. The lowest BCUT2D eigenvalue weighted by Crippen LogP contribution is -2.23. The van der Waals surface area contributed by atoms with E-state index in [9.17, 15) is 0 Å². The van der Waals surface area contributed by atoms with Crippen LogP contribution < -0.4 is 0 Å². The SMILES string of the molecule is COCC(OC)OCCOCCOCCOCCO. The van der Waals surface area contributed by atoms with Crippen molar-refractivity contribution in [2.45, 2.75) is 6.29 Å². The second-order valence-electron chi connectivity index (χ2n) is 3.55. The maximum atomic E-state index is 8.47. The maximum absolute atomic E-state index is 8.47. The zero-order chi connectivity index (χ0) is 14.2. The summed E-state index contributed by atoms with van der Waals surface area (Å²) in [6.45, 7) is 3.70. The molecular formula is C12H26O7. The molecule has 0 saturated carbocycles. The fourth-order valence-electron chi connectivity index (χ4n) is 1.17. The van der Waals surface area contributed by atoms with Crippen LogP contribution in [0.2, 0.25) is 0 Å². The van der Waals surface area contributed by atoms with E-state index in [0.29, 0.717) is 52.9 Å². The zero-order valence-corrected chi connectivity index (χ0v) is 11.8. The number of aliphatic hydroxyl groups excluding tert-OH is 1. The third-order valence-electron chi connectivity index (χ3n) is 2.08. The molecule has 7 heteroatoms. The van der Waals surface area contributed by atoms with Crippen molar-refractivity contribution in [3.8, 4) is 0 Å². The van der Waals surface area contributed by atoms with Gasteiger partial charge in [-0.3, -0.25) is 0 Å².